The average molecular weight is 102 g/mol. The Bertz CT molecular complexity index is 77.6. The van der Waals surface area contributed by atoms with Crippen molar-refractivity contribution in [2.75, 3.05) is 0 Å². The van der Waals surface area contributed by atoms with Crippen molar-refractivity contribution in [3.8, 4) is 0 Å². The predicted octanol–water partition coefficient (Wildman–Crippen LogP) is 1.53. The summed E-state index contributed by atoms with van der Waals surface area (Å²) in [5.74, 6) is 1.01. The summed E-state index contributed by atoms with van der Waals surface area (Å²) in [7, 11) is 0. The predicted molar refractivity (Wildman–Crippen MR) is 27.4 cm³/mol. The Kier molecular flexibility index (Phi) is 1.05. The maximum Gasteiger partial charge on any atom is 0.110 e. The van der Waals surface area contributed by atoms with Crippen LogP contribution in [0, 0.1) is 0 Å². The van der Waals surface area contributed by atoms with Gasteiger partial charge in [-0.3, -0.25) is 0 Å². The monoisotopic (exact) mass is 102 g/mol. The molecule has 1 rings (SSSR count). The summed E-state index contributed by atoms with van der Waals surface area (Å²) >= 11 is 3.58. The van der Waals surface area contributed by atoms with Crippen LogP contribution in [0.15, 0.2) is 11.8 Å². The molecule has 0 N–H and O–H groups in total. The number of rotatable bonds is 1. The second-order valence-electron chi connectivity index (χ2n) is 1.30. The molecule has 6 heavy (non-hydrogen) atoms. The van der Waals surface area contributed by atoms with Crippen molar-refractivity contribution in [3.05, 3.63) is 11.8 Å². The van der Waals surface area contributed by atoms with E-state index in [0.29, 0.717) is 0 Å². The van der Waals surface area contributed by atoms with E-state index < -0.39 is 0 Å². The van der Waals surface area contributed by atoms with E-state index in [1.807, 2.05) is 6.08 Å². The molecule has 1 nitrogen and oxygen atoms in total. The van der Waals surface area contributed by atoms with E-state index in [4.69, 9.17) is 0 Å². The van der Waals surface area contributed by atoms with Crippen LogP contribution in [0.1, 0.15) is 12.8 Å². The van der Waals surface area contributed by atoms with Crippen molar-refractivity contribution in [1.29, 1.82) is 0 Å². The van der Waals surface area contributed by atoms with Crippen LogP contribution in [-0.2, 0) is 4.18 Å². The highest BCUT2D eigenvalue weighted by Gasteiger charge is 2.02. The lowest BCUT2D eigenvalue weighted by molar-refractivity contribution is 0.447. The van der Waals surface area contributed by atoms with Crippen molar-refractivity contribution in [3.63, 3.8) is 0 Å². The van der Waals surface area contributed by atoms with Gasteiger partial charge in [0, 0.05) is 19.3 Å². The van der Waals surface area contributed by atoms with Gasteiger partial charge in [0.15, 0.2) is 0 Å². The summed E-state index contributed by atoms with van der Waals surface area (Å²) in [5.41, 5.74) is 0. The van der Waals surface area contributed by atoms with E-state index in [1.54, 1.807) is 0 Å². The molecule has 0 radical (unpaired) electrons. The Hall–Kier alpha value is -0.110. The van der Waals surface area contributed by atoms with E-state index in [2.05, 4.69) is 17.1 Å². The molecule has 0 heterocycles. The topological polar surface area (TPSA) is 9.23 Å². The first-order chi connectivity index (χ1) is 2.93. The Balaban J connectivity index is 2.32. The first-order valence-corrected chi connectivity index (χ1v) is 2.30. The number of hydrogen-bond acceptors (Lipinski definition) is 2. The third kappa shape index (κ3) is 0.522. The van der Waals surface area contributed by atoms with Gasteiger partial charge in [-0.2, -0.15) is 0 Å². The van der Waals surface area contributed by atoms with E-state index in [9.17, 15) is 0 Å². The van der Waals surface area contributed by atoms with Crippen LogP contribution < -0.4 is 0 Å². The largest absolute Gasteiger partial charge is 0.434 e. The summed E-state index contributed by atoms with van der Waals surface area (Å²) in [5, 5.41) is 0. The van der Waals surface area contributed by atoms with Gasteiger partial charge in [0.1, 0.15) is 5.76 Å². The maximum absolute atomic E-state index is 4.54. The van der Waals surface area contributed by atoms with Crippen LogP contribution in [0.2, 0.25) is 0 Å². The molecule has 0 aromatic heterocycles. The Morgan fingerprint density at radius 2 is 2.50 bits per heavy atom. The molecule has 0 bridgehead atoms. The molecule has 1 aliphatic rings. The minimum Gasteiger partial charge on any atom is -0.434 e. The molecule has 0 aliphatic heterocycles. The second-order valence-corrected chi connectivity index (χ2v) is 1.48. The van der Waals surface area contributed by atoms with Gasteiger partial charge in [-0.1, -0.05) is 0 Å². The third-order valence-corrected chi connectivity index (χ3v) is 1.11. The molecule has 0 aromatic rings. The van der Waals surface area contributed by atoms with Crippen molar-refractivity contribution >= 4 is 12.9 Å². The highest BCUT2D eigenvalue weighted by molar-refractivity contribution is 7.75. The minimum absolute atomic E-state index is 1.01. The van der Waals surface area contributed by atoms with Gasteiger partial charge in [0.2, 0.25) is 0 Å². The quantitative estimate of drug-likeness (QED) is 0.390. The van der Waals surface area contributed by atoms with Gasteiger partial charge in [0.05, 0.1) is 0 Å². The van der Waals surface area contributed by atoms with Crippen LogP contribution in [0.4, 0.5) is 0 Å². The van der Waals surface area contributed by atoms with Gasteiger partial charge in [-0.15, -0.1) is 0 Å². The van der Waals surface area contributed by atoms with Gasteiger partial charge >= 0.3 is 0 Å². The van der Waals surface area contributed by atoms with Gasteiger partial charge < -0.3 is 4.18 Å². The zero-order valence-electron chi connectivity index (χ0n) is 3.35. The Morgan fingerprint density at radius 1 is 1.83 bits per heavy atom. The van der Waals surface area contributed by atoms with Crippen LogP contribution in [-0.4, -0.2) is 0 Å². The molecule has 0 spiro atoms. The van der Waals surface area contributed by atoms with E-state index >= 15 is 0 Å². The molecule has 1 aliphatic carbocycles. The third-order valence-electron chi connectivity index (χ3n) is 0.880. The van der Waals surface area contributed by atoms with Crippen LogP contribution in [0.5, 0.6) is 0 Å². The van der Waals surface area contributed by atoms with Crippen LogP contribution in [0.25, 0.3) is 0 Å². The molecule has 0 fully saturated rings. The van der Waals surface area contributed by atoms with Crippen LogP contribution >= 0.6 is 12.9 Å². The molecule has 0 unspecified atom stereocenters. The van der Waals surface area contributed by atoms with Crippen molar-refractivity contribution in [1.82, 2.24) is 0 Å². The van der Waals surface area contributed by atoms with Gasteiger partial charge in [-0.25, -0.2) is 0 Å². The van der Waals surface area contributed by atoms with E-state index in [0.717, 1.165) is 18.6 Å². The van der Waals surface area contributed by atoms with Crippen molar-refractivity contribution < 1.29 is 4.18 Å². The molecule has 34 valence electrons. The number of hydrogen-bond donors (Lipinski definition) is 1. The highest BCUT2D eigenvalue weighted by atomic mass is 32.1. The lowest BCUT2D eigenvalue weighted by atomic mass is 10.1. The maximum atomic E-state index is 4.54. The van der Waals surface area contributed by atoms with Crippen molar-refractivity contribution in [2.45, 2.75) is 12.8 Å². The fourth-order valence-electron chi connectivity index (χ4n) is 0.345. The molecule has 0 saturated heterocycles. The minimum atomic E-state index is 1.01. The lowest BCUT2D eigenvalue weighted by Gasteiger charge is -2.08. The van der Waals surface area contributed by atoms with Gasteiger partial charge in [-0.05, 0) is 12.5 Å². The molecule has 0 amide bonds. The summed E-state index contributed by atoms with van der Waals surface area (Å²) in [4.78, 5) is 0. The molecular weight excluding hydrogens is 96.1 g/mol. The second kappa shape index (κ2) is 1.56. The van der Waals surface area contributed by atoms with E-state index in [1.165, 1.54) is 0 Å². The average Bonchev–Trinajstić information content (AvgIpc) is 1.31. The standard InChI is InChI=1S/C4H6OS/c6-5-4-2-1-3-4/h2,6H,1,3H2. The molecule has 0 aromatic carbocycles. The first-order valence-electron chi connectivity index (χ1n) is 1.94. The molecular formula is C4H6OS. The Morgan fingerprint density at radius 3 is 2.50 bits per heavy atom. The summed E-state index contributed by atoms with van der Waals surface area (Å²) in [6.45, 7) is 0. The zero-order chi connectivity index (χ0) is 4.41. The normalized spacial score (nSPS) is 18.5. The zero-order valence-corrected chi connectivity index (χ0v) is 4.24. The first kappa shape index (κ1) is 4.06. The molecule has 0 saturated carbocycles. The fraction of sp³-hybridized carbons (Fsp3) is 0.500. The smallest absolute Gasteiger partial charge is 0.110 e. The summed E-state index contributed by atoms with van der Waals surface area (Å²) in [6.07, 6.45) is 4.26. The molecule has 0 atom stereocenters. The van der Waals surface area contributed by atoms with E-state index in [-0.39, 0.29) is 0 Å². The highest BCUT2D eigenvalue weighted by Crippen LogP contribution is 2.19. The van der Waals surface area contributed by atoms with Crippen molar-refractivity contribution in [2.24, 2.45) is 0 Å². The molecule has 2 heteroatoms. The van der Waals surface area contributed by atoms with Gasteiger partial charge in [0.25, 0.3) is 0 Å². The Labute approximate surface area is 42.6 Å². The number of thiol groups is 1. The summed E-state index contributed by atoms with van der Waals surface area (Å²) < 4.78 is 4.54. The fourth-order valence-corrected chi connectivity index (χ4v) is 0.511. The van der Waals surface area contributed by atoms with Crippen LogP contribution in [0.3, 0.4) is 0 Å². The lowest BCUT2D eigenvalue weighted by Crippen LogP contribution is -1.91. The SMILES string of the molecule is SOC1=CCC1. The summed E-state index contributed by atoms with van der Waals surface area (Å²) in [6, 6.07) is 0. The number of allylic oxidation sites excluding steroid dienone is 2.